The molecule has 0 atom stereocenters. The number of hydrogen-bond acceptors (Lipinski definition) is 4. The molecule has 0 saturated heterocycles. The van der Waals surface area contributed by atoms with Crippen LogP contribution in [0.15, 0.2) is 0 Å². The van der Waals surface area contributed by atoms with Crippen LogP contribution in [0.25, 0.3) is 0 Å². The monoisotopic (exact) mass is 190 g/mol. The molecule has 0 bridgehead atoms. The molecule has 0 aromatic rings. The van der Waals surface area contributed by atoms with Crippen LogP contribution in [0.5, 0.6) is 0 Å². The Labute approximate surface area is 76.6 Å². The van der Waals surface area contributed by atoms with Crippen molar-refractivity contribution in [2.45, 2.75) is 32.8 Å². The average Bonchev–Trinajstić information content (AvgIpc) is 1.81. The first-order valence-electron chi connectivity index (χ1n) is 3.95. The van der Waals surface area contributed by atoms with Crippen molar-refractivity contribution in [3.05, 3.63) is 0 Å². The van der Waals surface area contributed by atoms with Gasteiger partial charge < -0.3 is 14.6 Å². The minimum Gasteiger partial charge on any atom is -0.466 e. The summed E-state index contributed by atoms with van der Waals surface area (Å²) in [7, 11) is 0. The van der Waals surface area contributed by atoms with Crippen LogP contribution in [0.2, 0.25) is 0 Å². The van der Waals surface area contributed by atoms with Crippen LogP contribution in [0.1, 0.15) is 27.2 Å². The number of ether oxygens (including phenoxy) is 2. The van der Waals surface area contributed by atoms with Crippen molar-refractivity contribution in [1.29, 1.82) is 0 Å². The summed E-state index contributed by atoms with van der Waals surface area (Å²) >= 11 is 0. The number of carbonyl (C=O) groups is 2. The van der Waals surface area contributed by atoms with E-state index in [9.17, 15) is 9.59 Å². The number of hydrogen-bond donors (Lipinski definition) is 1. The standard InChI is InChI=1S/C8H14O5/c1-4-12-6(9)5-8(2,3)13-7(10)11/h4-5H2,1-3H3,(H,10,11). The van der Waals surface area contributed by atoms with Gasteiger partial charge in [-0.25, -0.2) is 4.79 Å². The number of carbonyl (C=O) groups excluding carboxylic acids is 1. The van der Waals surface area contributed by atoms with Crippen LogP contribution in [0, 0.1) is 0 Å². The van der Waals surface area contributed by atoms with Gasteiger partial charge in [-0.15, -0.1) is 0 Å². The minimum absolute atomic E-state index is 0.0763. The zero-order valence-electron chi connectivity index (χ0n) is 7.99. The smallest absolute Gasteiger partial charge is 0.466 e. The van der Waals surface area contributed by atoms with Crippen LogP contribution >= 0.6 is 0 Å². The fourth-order valence-electron chi connectivity index (χ4n) is 0.832. The molecular weight excluding hydrogens is 176 g/mol. The van der Waals surface area contributed by atoms with Gasteiger partial charge in [-0.2, -0.15) is 0 Å². The summed E-state index contributed by atoms with van der Waals surface area (Å²) in [6.07, 6.45) is -1.47. The van der Waals surface area contributed by atoms with Gasteiger partial charge in [0.15, 0.2) is 0 Å². The quantitative estimate of drug-likeness (QED) is 0.678. The van der Waals surface area contributed by atoms with E-state index in [1.54, 1.807) is 6.92 Å². The second-order valence-electron chi connectivity index (χ2n) is 3.11. The topological polar surface area (TPSA) is 72.8 Å². The molecule has 1 N–H and O–H groups in total. The summed E-state index contributed by atoms with van der Waals surface area (Å²) in [5.41, 5.74) is -1.03. The molecule has 0 radical (unpaired) electrons. The summed E-state index contributed by atoms with van der Waals surface area (Å²) < 4.78 is 9.12. The zero-order valence-corrected chi connectivity index (χ0v) is 7.99. The first kappa shape index (κ1) is 11.7. The second-order valence-corrected chi connectivity index (χ2v) is 3.11. The van der Waals surface area contributed by atoms with Crippen molar-refractivity contribution in [3.63, 3.8) is 0 Å². The van der Waals surface area contributed by atoms with Crippen molar-refractivity contribution >= 4 is 12.1 Å². The normalized spacial score (nSPS) is 10.7. The van der Waals surface area contributed by atoms with Crippen LogP contribution in [-0.2, 0) is 14.3 Å². The molecule has 5 heteroatoms. The highest BCUT2D eigenvalue weighted by atomic mass is 16.7. The lowest BCUT2D eigenvalue weighted by atomic mass is 10.1. The maximum absolute atomic E-state index is 10.9. The molecule has 0 fully saturated rings. The second kappa shape index (κ2) is 4.69. The van der Waals surface area contributed by atoms with E-state index >= 15 is 0 Å². The van der Waals surface area contributed by atoms with Crippen LogP contribution in [-0.4, -0.2) is 29.4 Å². The van der Waals surface area contributed by atoms with Gasteiger partial charge >= 0.3 is 12.1 Å². The fourth-order valence-corrected chi connectivity index (χ4v) is 0.832. The van der Waals surface area contributed by atoms with Gasteiger partial charge in [-0.05, 0) is 20.8 Å². The van der Waals surface area contributed by atoms with Gasteiger partial charge in [0.25, 0.3) is 0 Å². The predicted octanol–water partition coefficient (Wildman–Crippen LogP) is 1.41. The summed E-state index contributed by atoms with van der Waals surface area (Å²) in [4.78, 5) is 21.1. The summed E-state index contributed by atoms with van der Waals surface area (Å²) in [6, 6.07) is 0. The highest BCUT2D eigenvalue weighted by molar-refractivity contribution is 5.71. The largest absolute Gasteiger partial charge is 0.506 e. The first-order chi connectivity index (χ1) is 5.87. The molecule has 0 amide bonds. The van der Waals surface area contributed by atoms with Crippen LogP contribution in [0.4, 0.5) is 4.79 Å². The molecule has 0 aliphatic carbocycles. The van der Waals surface area contributed by atoms with Crippen molar-refractivity contribution in [3.8, 4) is 0 Å². The molecule has 0 saturated carbocycles. The third-order valence-corrected chi connectivity index (χ3v) is 1.24. The lowest BCUT2D eigenvalue weighted by molar-refractivity contribution is -0.147. The predicted molar refractivity (Wildman–Crippen MR) is 44.4 cm³/mol. The highest BCUT2D eigenvalue weighted by Gasteiger charge is 2.26. The van der Waals surface area contributed by atoms with Gasteiger partial charge in [0.1, 0.15) is 5.60 Å². The molecule has 0 aliphatic rings. The molecule has 76 valence electrons. The molecule has 0 heterocycles. The van der Waals surface area contributed by atoms with Crippen LogP contribution in [0.3, 0.4) is 0 Å². The van der Waals surface area contributed by atoms with Crippen molar-refractivity contribution in [2.24, 2.45) is 0 Å². The van der Waals surface area contributed by atoms with Gasteiger partial charge in [0.05, 0.1) is 13.0 Å². The van der Waals surface area contributed by atoms with Gasteiger partial charge in [0.2, 0.25) is 0 Å². The lowest BCUT2D eigenvalue weighted by Gasteiger charge is -2.21. The van der Waals surface area contributed by atoms with Gasteiger partial charge in [-0.3, -0.25) is 4.79 Å². The molecule has 0 rings (SSSR count). The molecule has 0 unspecified atom stereocenters. The molecule has 13 heavy (non-hydrogen) atoms. The Morgan fingerprint density at radius 2 is 1.92 bits per heavy atom. The zero-order chi connectivity index (χ0) is 10.5. The highest BCUT2D eigenvalue weighted by Crippen LogP contribution is 2.15. The van der Waals surface area contributed by atoms with E-state index in [1.165, 1.54) is 13.8 Å². The third-order valence-electron chi connectivity index (χ3n) is 1.24. The van der Waals surface area contributed by atoms with Gasteiger partial charge in [0, 0.05) is 0 Å². The molecule has 0 aromatic carbocycles. The Bertz CT molecular complexity index is 197. The fraction of sp³-hybridized carbons (Fsp3) is 0.750. The Balaban J connectivity index is 4.00. The lowest BCUT2D eigenvalue weighted by Crippen LogP contribution is -2.31. The average molecular weight is 190 g/mol. The van der Waals surface area contributed by atoms with E-state index < -0.39 is 17.7 Å². The van der Waals surface area contributed by atoms with E-state index in [-0.39, 0.29) is 13.0 Å². The van der Waals surface area contributed by atoms with E-state index in [1.807, 2.05) is 0 Å². The Morgan fingerprint density at radius 1 is 1.38 bits per heavy atom. The van der Waals surface area contributed by atoms with Crippen molar-refractivity contribution in [1.82, 2.24) is 0 Å². The van der Waals surface area contributed by atoms with E-state index in [0.29, 0.717) is 0 Å². The minimum atomic E-state index is -1.39. The van der Waals surface area contributed by atoms with Crippen molar-refractivity contribution in [2.75, 3.05) is 6.61 Å². The van der Waals surface area contributed by atoms with E-state index in [4.69, 9.17) is 5.11 Å². The summed E-state index contributed by atoms with van der Waals surface area (Å²) in [6.45, 7) is 4.99. The Kier molecular flexibility index (Phi) is 4.23. The molecule has 5 nitrogen and oxygen atoms in total. The Morgan fingerprint density at radius 3 is 2.31 bits per heavy atom. The Hall–Kier alpha value is -1.26. The molecule has 0 aliphatic heterocycles. The maximum atomic E-state index is 10.9. The summed E-state index contributed by atoms with van der Waals surface area (Å²) in [5, 5.41) is 8.32. The van der Waals surface area contributed by atoms with Crippen molar-refractivity contribution < 1.29 is 24.2 Å². The van der Waals surface area contributed by atoms with E-state index in [0.717, 1.165) is 0 Å². The molecule has 0 spiro atoms. The van der Waals surface area contributed by atoms with Gasteiger partial charge in [-0.1, -0.05) is 0 Å². The first-order valence-corrected chi connectivity index (χ1v) is 3.95. The number of esters is 1. The summed E-state index contributed by atoms with van der Waals surface area (Å²) in [5.74, 6) is -0.464. The third kappa shape index (κ3) is 5.95. The molecular formula is C8H14O5. The van der Waals surface area contributed by atoms with Crippen LogP contribution < -0.4 is 0 Å². The number of rotatable bonds is 4. The number of carboxylic acid groups (broad SMARTS) is 1. The van der Waals surface area contributed by atoms with E-state index in [2.05, 4.69) is 9.47 Å². The SMILES string of the molecule is CCOC(=O)CC(C)(C)OC(=O)O. The molecule has 0 aromatic heterocycles. The maximum Gasteiger partial charge on any atom is 0.506 e.